The van der Waals surface area contributed by atoms with Crippen molar-refractivity contribution in [3.8, 4) is 5.75 Å². The van der Waals surface area contributed by atoms with Crippen LogP contribution in [0.1, 0.15) is 0 Å². The summed E-state index contributed by atoms with van der Waals surface area (Å²) >= 11 is 5.87. The Morgan fingerprint density at radius 1 is 1.19 bits per heavy atom. The zero-order valence-corrected chi connectivity index (χ0v) is 12.1. The number of hydrogen-bond acceptors (Lipinski definition) is 2. The minimum absolute atomic E-state index is 0.369. The van der Waals surface area contributed by atoms with Gasteiger partial charge in [-0.15, -0.1) is 0 Å². The van der Waals surface area contributed by atoms with E-state index in [1.807, 2.05) is 12.1 Å². The number of nitrogens with one attached hydrogen (secondary N) is 2. The quantitative estimate of drug-likeness (QED) is 0.796. The maximum absolute atomic E-state index is 12.0. The number of carbonyl (C=O) groups is 1. The molecule has 2 aromatic rings. The lowest BCUT2D eigenvalue weighted by atomic mass is 10.3. The molecule has 2 N–H and O–H groups in total. The molecule has 0 spiro atoms. The topological polar surface area (TPSA) is 50.4 Å². The van der Waals surface area contributed by atoms with Gasteiger partial charge in [-0.2, -0.15) is 0 Å². The Kier molecular flexibility index (Phi) is 5.23. The van der Waals surface area contributed by atoms with Gasteiger partial charge in [0.1, 0.15) is 12.4 Å². The summed E-state index contributed by atoms with van der Waals surface area (Å²) in [5.74, 6) is 0.582. The van der Waals surface area contributed by atoms with Crippen LogP contribution in [0.25, 0.3) is 0 Å². The second-order valence-electron chi connectivity index (χ2n) is 4.19. The van der Waals surface area contributed by atoms with Gasteiger partial charge in [0.25, 0.3) is 0 Å². The van der Waals surface area contributed by atoms with Crippen molar-refractivity contribution in [3.63, 3.8) is 0 Å². The van der Waals surface area contributed by atoms with Crippen LogP contribution in [0.3, 0.4) is 0 Å². The summed E-state index contributed by atoms with van der Waals surface area (Å²) < 4.78 is 5.47. The molecule has 2 rings (SSSR count). The van der Waals surface area contributed by atoms with E-state index in [-0.39, 0.29) is 6.03 Å². The summed E-state index contributed by atoms with van der Waals surface area (Å²) in [7, 11) is 0. The van der Waals surface area contributed by atoms with E-state index >= 15 is 0 Å². The van der Waals surface area contributed by atoms with Gasteiger partial charge in [0.2, 0.25) is 0 Å². The number of benzene rings is 2. The number of hydrogen-bond donors (Lipinski definition) is 2. The Morgan fingerprint density at radius 2 is 2.00 bits per heavy atom. The van der Waals surface area contributed by atoms with Crippen LogP contribution in [0, 0.1) is 0 Å². The first-order chi connectivity index (χ1) is 10.2. The van der Waals surface area contributed by atoms with E-state index in [0.717, 1.165) is 0 Å². The molecule has 0 saturated carbocycles. The van der Waals surface area contributed by atoms with E-state index in [2.05, 4.69) is 17.2 Å². The van der Waals surface area contributed by atoms with Gasteiger partial charge < -0.3 is 15.4 Å². The first-order valence-corrected chi connectivity index (χ1v) is 6.73. The molecular weight excluding hydrogens is 288 g/mol. The maximum atomic E-state index is 12.0. The molecule has 0 bridgehead atoms. The average Bonchev–Trinajstić information content (AvgIpc) is 2.46. The molecule has 0 fully saturated rings. The van der Waals surface area contributed by atoms with Crippen LogP contribution in [-0.2, 0) is 0 Å². The zero-order valence-electron chi connectivity index (χ0n) is 11.3. The van der Waals surface area contributed by atoms with Crippen LogP contribution < -0.4 is 15.4 Å². The zero-order chi connectivity index (χ0) is 15.1. The smallest absolute Gasteiger partial charge is 0.323 e. The SMILES string of the molecule is C=CCOc1ccccc1NC(=O)Nc1cccc(Cl)c1. The maximum Gasteiger partial charge on any atom is 0.323 e. The standard InChI is InChI=1S/C16H15ClN2O2/c1-2-10-21-15-9-4-3-8-14(15)19-16(20)18-13-7-5-6-12(17)11-13/h2-9,11H,1,10H2,(H2,18,19,20). The minimum atomic E-state index is -0.369. The third-order valence-electron chi connectivity index (χ3n) is 2.57. The Labute approximate surface area is 128 Å². The highest BCUT2D eigenvalue weighted by Gasteiger charge is 2.07. The number of urea groups is 1. The average molecular weight is 303 g/mol. The van der Waals surface area contributed by atoms with Crippen LogP contribution in [0.2, 0.25) is 5.02 Å². The first kappa shape index (κ1) is 14.9. The second-order valence-corrected chi connectivity index (χ2v) is 4.62. The molecule has 0 unspecified atom stereocenters. The van der Waals surface area contributed by atoms with Crippen LogP contribution in [0.15, 0.2) is 61.2 Å². The van der Waals surface area contributed by atoms with Crippen LogP contribution in [0.4, 0.5) is 16.2 Å². The summed E-state index contributed by atoms with van der Waals surface area (Å²) in [4.78, 5) is 12.0. The number of rotatable bonds is 5. The predicted molar refractivity (Wildman–Crippen MR) is 86.2 cm³/mol. The molecule has 2 aromatic carbocycles. The molecule has 0 aromatic heterocycles. The number of amides is 2. The van der Waals surface area contributed by atoms with Crippen LogP contribution >= 0.6 is 11.6 Å². The van der Waals surface area contributed by atoms with Gasteiger partial charge in [-0.25, -0.2) is 4.79 Å². The van der Waals surface area contributed by atoms with E-state index in [9.17, 15) is 4.79 Å². The number of carbonyl (C=O) groups excluding carboxylic acids is 1. The van der Waals surface area contributed by atoms with Gasteiger partial charge in [0, 0.05) is 10.7 Å². The van der Waals surface area contributed by atoms with Crippen molar-refractivity contribution in [3.05, 3.63) is 66.2 Å². The van der Waals surface area contributed by atoms with Crippen molar-refractivity contribution in [1.29, 1.82) is 0 Å². The molecule has 5 heteroatoms. The van der Waals surface area contributed by atoms with Crippen LogP contribution in [0.5, 0.6) is 5.75 Å². The molecule has 0 atom stereocenters. The summed E-state index contributed by atoms with van der Waals surface area (Å²) in [5, 5.41) is 6.00. The fourth-order valence-corrected chi connectivity index (χ4v) is 1.89. The fraction of sp³-hybridized carbons (Fsp3) is 0.0625. The summed E-state index contributed by atoms with van der Waals surface area (Å²) in [6.07, 6.45) is 1.64. The third kappa shape index (κ3) is 4.54. The minimum Gasteiger partial charge on any atom is -0.487 e. The summed E-state index contributed by atoms with van der Waals surface area (Å²) in [6, 6.07) is 13.7. The van der Waals surface area contributed by atoms with Crippen molar-refractivity contribution >= 4 is 29.0 Å². The molecule has 0 aliphatic heterocycles. The highest BCUT2D eigenvalue weighted by molar-refractivity contribution is 6.30. The van der Waals surface area contributed by atoms with E-state index in [1.165, 1.54) is 0 Å². The van der Waals surface area contributed by atoms with Gasteiger partial charge in [0.15, 0.2) is 0 Å². The van der Waals surface area contributed by atoms with E-state index in [4.69, 9.17) is 16.3 Å². The molecule has 0 saturated heterocycles. The van der Waals surface area contributed by atoms with Crippen molar-refractivity contribution in [2.45, 2.75) is 0 Å². The highest BCUT2D eigenvalue weighted by Crippen LogP contribution is 2.24. The number of anilines is 2. The van der Waals surface area contributed by atoms with E-state index < -0.39 is 0 Å². The predicted octanol–water partition coefficient (Wildman–Crippen LogP) is 4.55. The molecule has 2 amide bonds. The second kappa shape index (κ2) is 7.36. The van der Waals surface area contributed by atoms with Crippen LogP contribution in [-0.4, -0.2) is 12.6 Å². The monoisotopic (exact) mass is 302 g/mol. The molecule has 4 nitrogen and oxygen atoms in total. The Balaban J connectivity index is 2.04. The highest BCUT2D eigenvalue weighted by atomic mass is 35.5. The van der Waals surface area contributed by atoms with Gasteiger partial charge in [-0.05, 0) is 30.3 Å². The third-order valence-corrected chi connectivity index (χ3v) is 2.81. The Morgan fingerprint density at radius 3 is 2.76 bits per heavy atom. The molecule has 0 radical (unpaired) electrons. The van der Waals surface area contributed by atoms with E-state index in [1.54, 1.807) is 42.5 Å². The lowest BCUT2D eigenvalue weighted by molar-refractivity contribution is 0.262. The van der Waals surface area contributed by atoms with Gasteiger partial charge in [-0.1, -0.05) is 42.5 Å². The number of halogens is 1. The normalized spacial score (nSPS) is 9.76. The largest absolute Gasteiger partial charge is 0.487 e. The molecule has 108 valence electrons. The molecule has 0 heterocycles. The number of para-hydroxylation sites is 2. The molecule has 0 aliphatic carbocycles. The fourth-order valence-electron chi connectivity index (χ4n) is 1.70. The lowest BCUT2D eigenvalue weighted by Crippen LogP contribution is -2.19. The summed E-state index contributed by atoms with van der Waals surface area (Å²) in [5.41, 5.74) is 1.20. The lowest BCUT2D eigenvalue weighted by Gasteiger charge is -2.12. The van der Waals surface area contributed by atoms with Gasteiger partial charge >= 0.3 is 6.03 Å². The van der Waals surface area contributed by atoms with E-state index in [0.29, 0.717) is 28.8 Å². The first-order valence-electron chi connectivity index (χ1n) is 6.35. The molecule has 0 aliphatic rings. The number of ether oxygens (including phenoxy) is 1. The Hall–Kier alpha value is -2.46. The molecular formula is C16H15ClN2O2. The molecule has 21 heavy (non-hydrogen) atoms. The van der Waals surface area contributed by atoms with Gasteiger partial charge in [0.05, 0.1) is 5.69 Å². The van der Waals surface area contributed by atoms with Crippen molar-refractivity contribution in [2.24, 2.45) is 0 Å². The van der Waals surface area contributed by atoms with Crippen molar-refractivity contribution in [2.75, 3.05) is 17.2 Å². The van der Waals surface area contributed by atoms with Gasteiger partial charge in [-0.3, -0.25) is 0 Å². The van der Waals surface area contributed by atoms with Crippen molar-refractivity contribution in [1.82, 2.24) is 0 Å². The Bertz CT molecular complexity index is 644. The summed E-state index contributed by atoms with van der Waals surface area (Å²) in [6.45, 7) is 3.96. The van der Waals surface area contributed by atoms with Crippen molar-refractivity contribution < 1.29 is 9.53 Å².